The number of rotatable bonds is 8. The van der Waals surface area contributed by atoms with Gasteiger partial charge in [-0.15, -0.1) is 0 Å². The summed E-state index contributed by atoms with van der Waals surface area (Å²) in [5.41, 5.74) is 7.45. The maximum absolute atomic E-state index is 4.20. The predicted octanol–water partition coefficient (Wildman–Crippen LogP) is 6.64. The highest BCUT2D eigenvalue weighted by atomic mass is 14.9. The number of benzene rings is 1. The summed E-state index contributed by atoms with van der Waals surface area (Å²) < 4.78 is 0. The van der Waals surface area contributed by atoms with Crippen molar-refractivity contribution >= 4 is 11.3 Å². The summed E-state index contributed by atoms with van der Waals surface area (Å²) >= 11 is 0. The molecule has 0 amide bonds. The number of nitrogens with one attached hydrogen (secondary N) is 1. The molecule has 0 atom stereocenters. The highest BCUT2D eigenvalue weighted by Gasteiger charge is 2.23. The minimum atomic E-state index is 0.713. The van der Waals surface area contributed by atoms with E-state index in [-0.39, 0.29) is 0 Å². The molecule has 1 N–H and O–H groups in total. The average molecular weight is 309 g/mol. The van der Waals surface area contributed by atoms with Crippen LogP contribution in [0.5, 0.6) is 0 Å². The number of unbranched alkanes of at least 4 members (excludes halogenated alkanes) is 1. The molecule has 1 aromatic carbocycles. The van der Waals surface area contributed by atoms with Crippen LogP contribution in [0.15, 0.2) is 43.1 Å². The Bertz CT molecular complexity index is 602. The second-order valence-electron chi connectivity index (χ2n) is 6.74. The molecule has 0 bridgehead atoms. The predicted molar refractivity (Wildman–Crippen MR) is 103 cm³/mol. The van der Waals surface area contributed by atoms with Gasteiger partial charge >= 0.3 is 0 Å². The van der Waals surface area contributed by atoms with Crippen molar-refractivity contribution in [1.29, 1.82) is 0 Å². The van der Waals surface area contributed by atoms with Crippen molar-refractivity contribution in [2.75, 3.05) is 0 Å². The van der Waals surface area contributed by atoms with Crippen LogP contribution in [0.4, 0.5) is 0 Å². The van der Waals surface area contributed by atoms with Crippen LogP contribution in [0.2, 0.25) is 0 Å². The zero-order chi connectivity index (χ0) is 16.8. The van der Waals surface area contributed by atoms with Crippen LogP contribution in [0.1, 0.15) is 81.9 Å². The van der Waals surface area contributed by atoms with Crippen LogP contribution in [0, 0.1) is 0 Å². The molecule has 0 heterocycles. The second-order valence-corrected chi connectivity index (χ2v) is 6.74. The minimum Gasteiger partial charge on any atom is -0.359 e. The fourth-order valence-electron chi connectivity index (χ4n) is 3.07. The topological polar surface area (TPSA) is 12.0 Å². The fraction of sp³-hybridized carbons (Fsp3) is 0.455. The Morgan fingerprint density at radius 1 is 1.30 bits per heavy atom. The van der Waals surface area contributed by atoms with E-state index in [2.05, 4.69) is 63.5 Å². The van der Waals surface area contributed by atoms with Crippen LogP contribution >= 0.6 is 0 Å². The summed E-state index contributed by atoms with van der Waals surface area (Å²) in [6, 6.07) is 6.83. The lowest BCUT2D eigenvalue weighted by atomic mass is 9.77. The Kier molecular flexibility index (Phi) is 6.27. The largest absolute Gasteiger partial charge is 0.359 e. The van der Waals surface area contributed by atoms with Crippen LogP contribution in [0.25, 0.3) is 11.3 Å². The first-order chi connectivity index (χ1) is 11.1. The minimum absolute atomic E-state index is 0.713. The molecule has 23 heavy (non-hydrogen) atoms. The molecule has 1 fully saturated rings. The molecular weight excluding hydrogens is 278 g/mol. The van der Waals surface area contributed by atoms with Gasteiger partial charge in [0, 0.05) is 17.0 Å². The third-order valence-electron chi connectivity index (χ3n) is 4.81. The molecule has 0 saturated heterocycles. The van der Waals surface area contributed by atoms with Crippen molar-refractivity contribution in [2.24, 2.45) is 0 Å². The lowest BCUT2D eigenvalue weighted by Gasteiger charge is -2.29. The van der Waals surface area contributed by atoms with Gasteiger partial charge in [0.05, 0.1) is 0 Å². The standard InChI is InChI=1S/C22H31N/c1-6-8-10-17(5)23-22(7-2)21-15-19(16(3)4)13-14-20(21)18-11-9-12-18/h7,13-15,18,23H,3,5-6,8-12H2,1-2,4H3/b22-7-. The molecule has 2 rings (SSSR count). The second kappa shape index (κ2) is 8.19. The summed E-state index contributed by atoms with van der Waals surface area (Å²) in [6.45, 7) is 14.7. The number of hydrogen-bond donors (Lipinski definition) is 1. The molecule has 0 spiro atoms. The van der Waals surface area contributed by atoms with E-state index in [1.807, 2.05) is 0 Å². The van der Waals surface area contributed by atoms with E-state index in [9.17, 15) is 0 Å². The van der Waals surface area contributed by atoms with Crippen molar-refractivity contribution in [3.8, 4) is 0 Å². The van der Waals surface area contributed by atoms with E-state index in [1.54, 1.807) is 0 Å². The summed E-state index contributed by atoms with van der Waals surface area (Å²) in [5.74, 6) is 0.713. The molecule has 0 radical (unpaired) electrons. The molecule has 0 aliphatic heterocycles. The number of hydrogen-bond acceptors (Lipinski definition) is 1. The van der Waals surface area contributed by atoms with E-state index in [1.165, 1.54) is 54.5 Å². The number of allylic oxidation sites excluding steroid dienone is 3. The van der Waals surface area contributed by atoms with Gasteiger partial charge in [-0.1, -0.05) is 56.7 Å². The maximum Gasteiger partial charge on any atom is 0.0415 e. The summed E-state index contributed by atoms with van der Waals surface area (Å²) in [4.78, 5) is 0. The van der Waals surface area contributed by atoms with Crippen LogP contribution in [-0.4, -0.2) is 0 Å². The van der Waals surface area contributed by atoms with Crippen LogP contribution < -0.4 is 5.32 Å². The molecule has 0 aromatic heterocycles. The lowest BCUT2D eigenvalue weighted by molar-refractivity contribution is 0.419. The molecule has 124 valence electrons. The monoisotopic (exact) mass is 309 g/mol. The third kappa shape index (κ3) is 4.37. The SMILES string of the molecule is C=C(CCCC)N/C(=C\C)c1cc(C(=C)C)ccc1C1CCC1. The van der Waals surface area contributed by atoms with Crippen molar-refractivity contribution in [3.05, 3.63) is 59.8 Å². The zero-order valence-electron chi connectivity index (χ0n) is 15.0. The zero-order valence-corrected chi connectivity index (χ0v) is 15.0. The molecule has 1 nitrogen and oxygen atoms in total. The van der Waals surface area contributed by atoms with Gasteiger partial charge in [0.2, 0.25) is 0 Å². The van der Waals surface area contributed by atoms with Crippen LogP contribution in [0.3, 0.4) is 0 Å². The van der Waals surface area contributed by atoms with Gasteiger partial charge in [0.25, 0.3) is 0 Å². The molecule has 1 saturated carbocycles. The van der Waals surface area contributed by atoms with Gasteiger partial charge < -0.3 is 5.32 Å². The summed E-state index contributed by atoms with van der Waals surface area (Å²) in [7, 11) is 0. The quantitative estimate of drug-likeness (QED) is 0.567. The Labute approximate surface area is 142 Å². The first-order valence-electron chi connectivity index (χ1n) is 8.98. The van der Waals surface area contributed by atoms with Gasteiger partial charge in [0.1, 0.15) is 0 Å². The Hall–Kier alpha value is -1.76. The average Bonchev–Trinajstić information content (AvgIpc) is 2.49. The highest BCUT2D eigenvalue weighted by Crippen LogP contribution is 2.40. The fourth-order valence-corrected chi connectivity index (χ4v) is 3.07. The first kappa shape index (κ1) is 17.6. The van der Waals surface area contributed by atoms with Gasteiger partial charge in [-0.25, -0.2) is 0 Å². The Morgan fingerprint density at radius 2 is 2.04 bits per heavy atom. The van der Waals surface area contributed by atoms with E-state index in [4.69, 9.17) is 0 Å². The van der Waals surface area contributed by atoms with E-state index >= 15 is 0 Å². The first-order valence-corrected chi connectivity index (χ1v) is 8.98. The van der Waals surface area contributed by atoms with Crippen molar-refractivity contribution in [3.63, 3.8) is 0 Å². The molecular formula is C22H31N. The summed E-state index contributed by atoms with van der Waals surface area (Å²) in [5, 5.41) is 3.56. The van der Waals surface area contributed by atoms with Crippen molar-refractivity contribution in [2.45, 2.75) is 65.2 Å². The van der Waals surface area contributed by atoms with Crippen LogP contribution in [-0.2, 0) is 0 Å². The lowest BCUT2D eigenvalue weighted by Crippen LogP contribution is -2.16. The van der Waals surface area contributed by atoms with Gasteiger partial charge in [-0.2, -0.15) is 0 Å². The maximum atomic E-state index is 4.20. The van der Waals surface area contributed by atoms with Gasteiger partial charge in [-0.05, 0) is 62.6 Å². The van der Waals surface area contributed by atoms with E-state index < -0.39 is 0 Å². The van der Waals surface area contributed by atoms with Crippen molar-refractivity contribution in [1.82, 2.24) is 5.32 Å². The van der Waals surface area contributed by atoms with E-state index in [0.717, 1.165) is 17.7 Å². The molecule has 1 heteroatoms. The molecule has 1 aromatic rings. The Balaban J connectivity index is 2.30. The molecule has 0 unspecified atom stereocenters. The van der Waals surface area contributed by atoms with Gasteiger partial charge in [-0.3, -0.25) is 0 Å². The highest BCUT2D eigenvalue weighted by molar-refractivity contribution is 5.73. The third-order valence-corrected chi connectivity index (χ3v) is 4.81. The van der Waals surface area contributed by atoms with Crippen molar-refractivity contribution < 1.29 is 0 Å². The van der Waals surface area contributed by atoms with Gasteiger partial charge in [0.15, 0.2) is 0 Å². The smallest absolute Gasteiger partial charge is 0.0415 e. The summed E-state index contributed by atoms with van der Waals surface area (Å²) in [6.07, 6.45) is 9.58. The van der Waals surface area contributed by atoms with E-state index in [0.29, 0.717) is 5.92 Å². The normalized spacial score (nSPS) is 15.2. The Morgan fingerprint density at radius 3 is 2.57 bits per heavy atom. The molecule has 1 aliphatic carbocycles. The molecule has 1 aliphatic rings.